The van der Waals surface area contributed by atoms with Crippen LogP contribution in [0.5, 0.6) is 5.75 Å². The van der Waals surface area contributed by atoms with Crippen LogP contribution < -0.4 is 15.4 Å². The van der Waals surface area contributed by atoms with Gasteiger partial charge in [0.1, 0.15) is 5.75 Å². The van der Waals surface area contributed by atoms with Crippen molar-refractivity contribution in [3.63, 3.8) is 0 Å². The Balaban J connectivity index is 1.94. The van der Waals surface area contributed by atoms with Gasteiger partial charge in [-0.15, -0.1) is 0 Å². The number of rotatable bonds is 4. The van der Waals surface area contributed by atoms with Crippen LogP contribution in [0.3, 0.4) is 0 Å². The molecule has 0 bridgehead atoms. The summed E-state index contributed by atoms with van der Waals surface area (Å²) in [6.07, 6.45) is 1.94. The van der Waals surface area contributed by atoms with Crippen molar-refractivity contribution in [2.45, 2.75) is 25.4 Å². The first kappa shape index (κ1) is 11.9. The van der Waals surface area contributed by atoms with Crippen LogP contribution in [0.1, 0.15) is 18.4 Å². The van der Waals surface area contributed by atoms with Gasteiger partial charge in [0.2, 0.25) is 5.91 Å². The van der Waals surface area contributed by atoms with Crippen LogP contribution in [-0.2, 0) is 11.3 Å². The zero-order valence-corrected chi connectivity index (χ0v) is 10.0. The molecule has 17 heavy (non-hydrogen) atoms. The smallest absolute Gasteiger partial charge is 0.237 e. The van der Waals surface area contributed by atoms with Gasteiger partial charge in [0.15, 0.2) is 0 Å². The molecule has 1 aromatic carbocycles. The maximum Gasteiger partial charge on any atom is 0.237 e. The third kappa shape index (κ3) is 2.97. The Kier molecular flexibility index (Phi) is 3.98. The molecule has 2 rings (SSSR count). The molecule has 1 aromatic rings. The predicted molar refractivity (Wildman–Crippen MR) is 65.9 cm³/mol. The fourth-order valence-corrected chi connectivity index (χ4v) is 2.05. The minimum Gasteiger partial charge on any atom is -0.496 e. The van der Waals surface area contributed by atoms with E-state index in [1.54, 1.807) is 7.11 Å². The first-order chi connectivity index (χ1) is 8.31. The van der Waals surface area contributed by atoms with Gasteiger partial charge in [-0.1, -0.05) is 18.2 Å². The molecule has 0 aromatic heterocycles. The highest BCUT2D eigenvalue weighted by molar-refractivity contribution is 5.82. The van der Waals surface area contributed by atoms with E-state index in [9.17, 15) is 4.79 Å². The van der Waals surface area contributed by atoms with E-state index in [-0.39, 0.29) is 11.9 Å². The van der Waals surface area contributed by atoms with Crippen LogP contribution >= 0.6 is 0 Å². The zero-order valence-electron chi connectivity index (χ0n) is 10.0. The van der Waals surface area contributed by atoms with E-state index in [1.807, 2.05) is 24.3 Å². The SMILES string of the molecule is COc1ccccc1CNC1CCCNC1=O. The summed E-state index contributed by atoms with van der Waals surface area (Å²) in [5.74, 6) is 0.961. The van der Waals surface area contributed by atoms with Crippen molar-refractivity contribution in [3.8, 4) is 5.75 Å². The largest absolute Gasteiger partial charge is 0.496 e. The molecule has 0 aliphatic carbocycles. The number of nitrogens with one attached hydrogen (secondary N) is 2. The second-order valence-electron chi connectivity index (χ2n) is 4.18. The Labute approximate surface area is 101 Å². The quantitative estimate of drug-likeness (QED) is 0.819. The molecule has 1 heterocycles. The van der Waals surface area contributed by atoms with E-state index in [4.69, 9.17) is 4.74 Å². The van der Waals surface area contributed by atoms with Gasteiger partial charge in [0.05, 0.1) is 13.2 Å². The molecule has 0 spiro atoms. The summed E-state index contributed by atoms with van der Waals surface area (Å²) in [4.78, 5) is 11.6. The minimum absolute atomic E-state index is 0.0753. The number of carbonyl (C=O) groups is 1. The standard InChI is InChI=1S/C13H18N2O2/c1-17-12-7-3-2-5-10(12)9-15-11-6-4-8-14-13(11)16/h2-3,5,7,11,15H,4,6,8-9H2,1H3,(H,14,16). The van der Waals surface area contributed by atoms with Gasteiger partial charge in [0.25, 0.3) is 0 Å². The molecule has 1 fully saturated rings. The van der Waals surface area contributed by atoms with Crippen molar-refractivity contribution >= 4 is 5.91 Å². The van der Waals surface area contributed by atoms with E-state index in [0.29, 0.717) is 6.54 Å². The second kappa shape index (κ2) is 5.68. The summed E-state index contributed by atoms with van der Waals surface area (Å²) in [5.41, 5.74) is 1.08. The maximum absolute atomic E-state index is 11.6. The molecule has 1 amide bonds. The van der Waals surface area contributed by atoms with Gasteiger partial charge in [-0.05, 0) is 18.9 Å². The highest BCUT2D eigenvalue weighted by atomic mass is 16.5. The fraction of sp³-hybridized carbons (Fsp3) is 0.462. The van der Waals surface area contributed by atoms with Crippen LogP contribution in [0.4, 0.5) is 0 Å². The van der Waals surface area contributed by atoms with E-state index in [1.165, 1.54) is 0 Å². The molecule has 1 aliphatic heterocycles. The van der Waals surface area contributed by atoms with Gasteiger partial charge in [-0.2, -0.15) is 0 Å². The maximum atomic E-state index is 11.6. The van der Waals surface area contributed by atoms with E-state index < -0.39 is 0 Å². The normalized spacial score (nSPS) is 19.8. The minimum atomic E-state index is -0.0753. The van der Waals surface area contributed by atoms with Crippen molar-refractivity contribution in [1.29, 1.82) is 0 Å². The number of hydrogen-bond acceptors (Lipinski definition) is 3. The highest BCUT2D eigenvalue weighted by Crippen LogP contribution is 2.17. The lowest BCUT2D eigenvalue weighted by molar-refractivity contribution is -0.124. The predicted octanol–water partition coefficient (Wildman–Crippen LogP) is 1.06. The van der Waals surface area contributed by atoms with Crippen LogP contribution in [0.15, 0.2) is 24.3 Å². The van der Waals surface area contributed by atoms with Crippen molar-refractivity contribution in [2.75, 3.05) is 13.7 Å². The van der Waals surface area contributed by atoms with E-state index >= 15 is 0 Å². The summed E-state index contributed by atoms with van der Waals surface area (Å²) in [7, 11) is 1.66. The molecule has 92 valence electrons. The Morgan fingerprint density at radius 3 is 3.06 bits per heavy atom. The summed E-state index contributed by atoms with van der Waals surface area (Å²) < 4.78 is 5.27. The molecule has 0 radical (unpaired) electrons. The van der Waals surface area contributed by atoms with E-state index in [0.717, 1.165) is 30.7 Å². The van der Waals surface area contributed by atoms with Crippen LogP contribution in [-0.4, -0.2) is 25.6 Å². The monoisotopic (exact) mass is 234 g/mol. The lowest BCUT2D eigenvalue weighted by atomic mass is 10.1. The first-order valence-corrected chi connectivity index (χ1v) is 5.94. The Morgan fingerprint density at radius 1 is 1.47 bits per heavy atom. The van der Waals surface area contributed by atoms with Gasteiger partial charge in [-0.25, -0.2) is 0 Å². The number of para-hydroxylation sites is 1. The average molecular weight is 234 g/mol. The lowest BCUT2D eigenvalue weighted by Crippen LogP contribution is -2.47. The van der Waals surface area contributed by atoms with Gasteiger partial charge >= 0.3 is 0 Å². The third-order valence-corrected chi connectivity index (χ3v) is 3.02. The second-order valence-corrected chi connectivity index (χ2v) is 4.18. The fourth-order valence-electron chi connectivity index (χ4n) is 2.05. The Hall–Kier alpha value is -1.55. The third-order valence-electron chi connectivity index (χ3n) is 3.02. The zero-order chi connectivity index (χ0) is 12.1. The topological polar surface area (TPSA) is 50.4 Å². The number of ether oxygens (including phenoxy) is 1. The van der Waals surface area contributed by atoms with Gasteiger partial charge < -0.3 is 15.4 Å². The highest BCUT2D eigenvalue weighted by Gasteiger charge is 2.21. The summed E-state index contributed by atoms with van der Waals surface area (Å²) in [6.45, 7) is 1.45. The Bertz CT molecular complexity index is 393. The molecule has 4 heteroatoms. The molecular weight excluding hydrogens is 216 g/mol. The van der Waals surface area contributed by atoms with Gasteiger partial charge in [0, 0.05) is 18.7 Å². The molecule has 1 atom stereocenters. The van der Waals surface area contributed by atoms with Crippen molar-refractivity contribution in [3.05, 3.63) is 29.8 Å². The summed E-state index contributed by atoms with van der Waals surface area (Å²) >= 11 is 0. The molecule has 4 nitrogen and oxygen atoms in total. The van der Waals surface area contributed by atoms with Crippen LogP contribution in [0.25, 0.3) is 0 Å². The van der Waals surface area contributed by atoms with Crippen LogP contribution in [0.2, 0.25) is 0 Å². The molecule has 1 saturated heterocycles. The number of hydrogen-bond donors (Lipinski definition) is 2. The van der Waals surface area contributed by atoms with Crippen molar-refractivity contribution in [2.24, 2.45) is 0 Å². The summed E-state index contributed by atoms with van der Waals surface area (Å²) in [5, 5.41) is 6.13. The Morgan fingerprint density at radius 2 is 2.29 bits per heavy atom. The molecule has 1 aliphatic rings. The first-order valence-electron chi connectivity index (χ1n) is 5.94. The molecule has 0 saturated carbocycles. The number of methoxy groups -OCH3 is 1. The van der Waals surface area contributed by atoms with Crippen LogP contribution in [0, 0.1) is 0 Å². The lowest BCUT2D eigenvalue weighted by Gasteiger charge is -2.23. The average Bonchev–Trinajstić information content (AvgIpc) is 2.38. The molecule has 2 N–H and O–H groups in total. The number of piperidine rings is 1. The van der Waals surface area contributed by atoms with Gasteiger partial charge in [-0.3, -0.25) is 4.79 Å². The van der Waals surface area contributed by atoms with Crippen molar-refractivity contribution < 1.29 is 9.53 Å². The molecule has 1 unspecified atom stereocenters. The molecular formula is C13H18N2O2. The van der Waals surface area contributed by atoms with Crippen molar-refractivity contribution in [1.82, 2.24) is 10.6 Å². The number of carbonyl (C=O) groups excluding carboxylic acids is 1. The van der Waals surface area contributed by atoms with E-state index in [2.05, 4.69) is 10.6 Å². The number of benzene rings is 1. The summed E-state index contributed by atoms with van der Waals surface area (Å²) in [6, 6.07) is 7.77. The number of amides is 1.